The fourth-order valence-corrected chi connectivity index (χ4v) is 1.50. The van der Waals surface area contributed by atoms with Gasteiger partial charge in [0.15, 0.2) is 0 Å². The van der Waals surface area contributed by atoms with E-state index in [4.69, 9.17) is 10.0 Å². The lowest BCUT2D eigenvalue weighted by atomic mass is 10.2. The molecule has 0 amide bonds. The Kier molecular flexibility index (Phi) is 7.83. The first kappa shape index (κ1) is 15.1. The van der Waals surface area contributed by atoms with E-state index in [1.54, 1.807) is 0 Å². The molecule has 16 heavy (non-hydrogen) atoms. The van der Waals surface area contributed by atoms with Crippen molar-refractivity contribution < 1.29 is 18.5 Å². The van der Waals surface area contributed by atoms with Gasteiger partial charge in [0.05, 0.1) is 6.26 Å². The molecular formula is C9H15BNO4S. The molecule has 0 saturated carbocycles. The molecule has 7 heteroatoms. The summed E-state index contributed by atoms with van der Waals surface area (Å²) >= 11 is 0. The third kappa shape index (κ3) is 9.66. The Morgan fingerprint density at radius 3 is 2.19 bits per heavy atom. The van der Waals surface area contributed by atoms with Crippen molar-refractivity contribution in [2.75, 3.05) is 12.8 Å². The summed E-state index contributed by atoms with van der Waals surface area (Å²) in [5.41, 5.74) is 1.14. The number of rotatable bonds is 4. The molecule has 0 aliphatic heterocycles. The zero-order chi connectivity index (χ0) is 12.4. The summed E-state index contributed by atoms with van der Waals surface area (Å²) in [5.74, 6) is 0. The second-order valence-electron chi connectivity index (χ2n) is 3.02. The second-order valence-corrected chi connectivity index (χ2v) is 4.85. The Morgan fingerprint density at radius 1 is 1.25 bits per heavy atom. The minimum Gasteiger partial charge on any atom is -0.429 e. The van der Waals surface area contributed by atoms with Gasteiger partial charge in [0.25, 0.3) is 0 Å². The van der Waals surface area contributed by atoms with Crippen LogP contribution < -0.4 is 4.72 Å². The summed E-state index contributed by atoms with van der Waals surface area (Å²) < 4.78 is 23.9. The molecule has 0 aliphatic carbocycles. The maximum absolute atomic E-state index is 10.7. The van der Waals surface area contributed by atoms with Crippen molar-refractivity contribution in [1.82, 2.24) is 4.72 Å². The van der Waals surface area contributed by atoms with E-state index in [2.05, 4.69) is 4.72 Å². The summed E-state index contributed by atoms with van der Waals surface area (Å²) in [6.07, 6.45) is 1.89. The van der Waals surface area contributed by atoms with Crippen LogP contribution in [0.5, 0.6) is 0 Å². The Morgan fingerprint density at radius 2 is 1.75 bits per heavy atom. The molecule has 0 aromatic heterocycles. The first-order valence-electron chi connectivity index (χ1n) is 4.58. The molecule has 1 radical (unpaired) electrons. The third-order valence-electron chi connectivity index (χ3n) is 1.62. The predicted octanol–water partition coefficient (Wildman–Crippen LogP) is -0.717. The van der Waals surface area contributed by atoms with Crippen LogP contribution in [0, 0.1) is 0 Å². The molecule has 1 rings (SSSR count). The summed E-state index contributed by atoms with van der Waals surface area (Å²) in [6, 6.07) is 9.77. The van der Waals surface area contributed by atoms with Gasteiger partial charge in [0.1, 0.15) is 0 Å². The molecule has 1 aromatic rings. The molecule has 0 heterocycles. The lowest BCUT2D eigenvalue weighted by molar-refractivity contribution is 0.448. The van der Waals surface area contributed by atoms with Gasteiger partial charge in [0, 0.05) is 6.54 Å². The quantitative estimate of drug-likeness (QED) is 0.610. The smallest absolute Gasteiger partial charge is 0.429 e. The topological polar surface area (TPSA) is 86.6 Å². The molecule has 0 bridgehead atoms. The summed E-state index contributed by atoms with van der Waals surface area (Å²) in [6.45, 7) is 0.461. The maximum Gasteiger partial charge on any atom is 0.482 e. The minimum atomic E-state index is -3.04. The van der Waals surface area contributed by atoms with E-state index in [1.165, 1.54) is 0 Å². The molecular weight excluding hydrogens is 229 g/mol. The van der Waals surface area contributed by atoms with Crippen LogP contribution >= 0.6 is 0 Å². The zero-order valence-electron chi connectivity index (χ0n) is 9.00. The first-order valence-corrected chi connectivity index (χ1v) is 6.47. The molecule has 3 N–H and O–H groups in total. The van der Waals surface area contributed by atoms with Crippen molar-refractivity contribution in [2.24, 2.45) is 0 Å². The monoisotopic (exact) mass is 244 g/mol. The average molecular weight is 244 g/mol. The predicted molar refractivity (Wildman–Crippen MR) is 63.2 cm³/mol. The number of benzene rings is 1. The molecule has 0 spiro atoms. The van der Waals surface area contributed by atoms with Crippen molar-refractivity contribution in [2.45, 2.75) is 6.42 Å². The molecule has 0 fully saturated rings. The number of sulfonamides is 1. The van der Waals surface area contributed by atoms with Gasteiger partial charge in [-0.3, -0.25) is 0 Å². The number of hydrogen-bond donors (Lipinski definition) is 3. The van der Waals surface area contributed by atoms with Crippen LogP contribution in [0.15, 0.2) is 30.3 Å². The van der Waals surface area contributed by atoms with E-state index in [0.29, 0.717) is 6.54 Å². The van der Waals surface area contributed by atoms with Crippen LogP contribution in [0.2, 0.25) is 0 Å². The molecule has 0 aliphatic rings. The normalized spacial score (nSPS) is 10.2. The van der Waals surface area contributed by atoms with Crippen LogP contribution in [0.3, 0.4) is 0 Å². The number of hydrogen-bond acceptors (Lipinski definition) is 4. The lowest BCUT2D eigenvalue weighted by Gasteiger charge is -2.01. The average Bonchev–Trinajstić information content (AvgIpc) is 2.18. The molecule has 89 valence electrons. The van der Waals surface area contributed by atoms with Gasteiger partial charge in [-0.25, -0.2) is 13.1 Å². The Bertz CT molecular complexity index is 368. The second kappa shape index (κ2) is 8.29. The molecule has 1 aromatic carbocycles. The van der Waals surface area contributed by atoms with Gasteiger partial charge in [-0.15, -0.1) is 0 Å². The van der Waals surface area contributed by atoms with Gasteiger partial charge >= 0.3 is 7.69 Å². The maximum atomic E-state index is 10.7. The van der Waals surface area contributed by atoms with E-state index in [-0.39, 0.29) is 7.69 Å². The van der Waals surface area contributed by atoms with Crippen molar-refractivity contribution in [1.29, 1.82) is 0 Å². The van der Waals surface area contributed by atoms with Crippen LogP contribution in [0.1, 0.15) is 5.56 Å². The van der Waals surface area contributed by atoms with Crippen molar-refractivity contribution in [3.05, 3.63) is 35.9 Å². The fourth-order valence-electron chi connectivity index (χ4n) is 1.03. The summed E-state index contributed by atoms with van der Waals surface area (Å²) in [7, 11) is -3.04. The van der Waals surface area contributed by atoms with Gasteiger partial charge in [-0.1, -0.05) is 30.3 Å². The van der Waals surface area contributed by atoms with Gasteiger partial charge in [-0.2, -0.15) is 0 Å². The summed E-state index contributed by atoms with van der Waals surface area (Å²) in [4.78, 5) is 0. The van der Waals surface area contributed by atoms with Crippen LogP contribution in [-0.4, -0.2) is 39.0 Å². The number of nitrogens with one attached hydrogen (secondary N) is 1. The zero-order valence-corrected chi connectivity index (χ0v) is 9.81. The standard InChI is InChI=1S/C9H13NO2S.BH2O2/c1-13(11,12)10-8-7-9-5-3-2-4-6-9;2-1-3/h2-6,10H,7-8H2,1H3;2-3H. The molecule has 0 unspecified atom stereocenters. The van der Waals surface area contributed by atoms with E-state index < -0.39 is 10.0 Å². The Labute approximate surface area is 96.5 Å². The highest BCUT2D eigenvalue weighted by molar-refractivity contribution is 7.88. The van der Waals surface area contributed by atoms with Crippen LogP contribution in [0.4, 0.5) is 0 Å². The van der Waals surface area contributed by atoms with Crippen LogP contribution in [0.25, 0.3) is 0 Å². The SMILES string of the molecule is CS(=O)(=O)NCCc1ccccc1.O[B]O. The Balaban J connectivity index is 0.000000673. The third-order valence-corrected chi connectivity index (χ3v) is 2.35. The van der Waals surface area contributed by atoms with Gasteiger partial charge < -0.3 is 10.0 Å². The van der Waals surface area contributed by atoms with Gasteiger partial charge in [0.2, 0.25) is 10.0 Å². The fraction of sp³-hybridized carbons (Fsp3) is 0.333. The molecule has 5 nitrogen and oxygen atoms in total. The highest BCUT2D eigenvalue weighted by Gasteiger charge is 1.98. The summed E-state index contributed by atoms with van der Waals surface area (Å²) in [5, 5.41) is 14.0. The lowest BCUT2D eigenvalue weighted by Crippen LogP contribution is -2.24. The first-order chi connectivity index (χ1) is 7.49. The highest BCUT2D eigenvalue weighted by Crippen LogP contribution is 1.98. The molecule has 0 atom stereocenters. The van der Waals surface area contributed by atoms with Crippen molar-refractivity contribution in [3.8, 4) is 0 Å². The van der Waals surface area contributed by atoms with Crippen molar-refractivity contribution in [3.63, 3.8) is 0 Å². The van der Waals surface area contributed by atoms with E-state index in [9.17, 15) is 8.42 Å². The van der Waals surface area contributed by atoms with Crippen molar-refractivity contribution >= 4 is 17.7 Å². The van der Waals surface area contributed by atoms with E-state index in [1.807, 2.05) is 30.3 Å². The van der Waals surface area contributed by atoms with E-state index >= 15 is 0 Å². The van der Waals surface area contributed by atoms with Gasteiger partial charge in [-0.05, 0) is 12.0 Å². The molecule has 0 saturated heterocycles. The van der Waals surface area contributed by atoms with Crippen LogP contribution in [-0.2, 0) is 16.4 Å². The highest BCUT2D eigenvalue weighted by atomic mass is 32.2. The van der Waals surface area contributed by atoms with E-state index in [0.717, 1.165) is 18.2 Å². The minimum absolute atomic E-state index is 0. The Hall–Kier alpha value is -0.885. The largest absolute Gasteiger partial charge is 0.482 e.